The Morgan fingerprint density at radius 3 is 3.13 bits per heavy atom. The number of aromatic nitrogens is 2. The molecule has 0 atom stereocenters. The molecule has 80 valence electrons. The first kappa shape index (κ1) is 9.96. The zero-order valence-electron chi connectivity index (χ0n) is 8.74. The maximum atomic E-state index is 5.55. The molecule has 3 N–H and O–H groups in total. The first-order valence-electron chi connectivity index (χ1n) is 5.35. The summed E-state index contributed by atoms with van der Waals surface area (Å²) in [6, 6.07) is 1.69. The molecule has 0 saturated heterocycles. The topological polar surface area (TPSA) is 63.8 Å². The van der Waals surface area contributed by atoms with Gasteiger partial charge in [-0.3, -0.25) is 0 Å². The minimum Gasteiger partial charge on any atom is -0.384 e. The zero-order valence-corrected chi connectivity index (χ0v) is 8.74. The molecule has 2 rings (SSSR count). The van der Waals surface area contributed by atoms with Crippen LogP contribution in [0.25, 0.3) is 0 Å². The van der Waals surface area contributed by atoms with E-state index in [-0.39, 0.29) is 0 Å². The Morgan fingerprint density at radius 1 is 1.47 bits per heavy atom. The number of hydrogen-bond donors (Lipinski definition) is 2. The molecule has 1 heterocycles. The Bertz CT molecular complexity index is 359. The van der Waals surface area contributed by atoms with Crippen molar-refractivity contribution in [2.75, 3.05) is 17.6 Å². The van der Waals surface area contributed by atoms with E-state index in [1.165, 1.54) is 19.3 Å². The van der Waals surface area contributed by atoms with Gasteiger partial charge in [0.1, 0.15) is 5.82 Å². The lowest BCUT2D eigenvalue weighted by atomic mass is 10.2. The van der Waals surface area contributed by atoms with E-state index in [4.69, 9.17) is 5.73 Å². The molecule has 0 fully saturated rings. The molecule has 0 aromatic carbocycles. The molecule has 0 saturated carbocycles. The normalized spacial score (nSPS) is 15.1. The fraction of sp³-hybridized carbons (Fsp3) is 0.455. The van der Waals surface area contributed by atoms with Gasteiger partial charge in [-0.05, 0) is 31.7 Å². The Balaban J connectivity index is 1.78. The molecule has 1 aromatic rings. The van der Waals surface area contributed by atoms with Gasteiger partial charge in [0.15, 0.2) is 0 Å². The molecule has 0 spiro atoms. The van der Waals surface area contributed by atoms with Gasteiger partial charge in [0.05, 0.1) is 0 Å². The van der Waals surface area contributed by atoms with Crippen LogP contribution in [0.4, 0.5) is 11.8 Å². The molecule has 0 amide bonds. The van der Waals surface area contributed by atoms with Crippen LogP contribution in [0.15, 0.2) is 23.9 Å². The monoisotopic (exact) mass is 204 g/mol. The maximum absolute atomic E-state index is 5.55. The van der Waals surface area contributed by atoms with Crippen molar-refractivity contribution in [2.24, 2.45) is 0 Å². The van der Waals surface area contributed by atoms with Gasteiger partial charge in [-0.2, -0.15) is 4.98 Å². The van der Waals surface area contributed by atoms with E-state index in [9.17, 15) is 0 Å². The SMILES string of the molecule is Nc1ccnc(NCCC2=CCCC2)n1. The molecule has 0 bridgehead atoms. The lowest BCUT2D eigenvalue weighted by Gasteiger charge is -2.05. The molecule has 4 nitrogen and oxygen atoms in total. The maximum Gasteiger partial charge on any atom is 0.224 e. The second-order valence-corrected chi connectivity index (χ2v) is 3.74. The summed E-state index contributed by atoms with van der Waals surface area (Å²) in [4.78, 5) is 8.16. The van der Waals surface area contributed by atoms with E-state index in [2.05, 4.69) is 21.4 Å². The highest BCUT2D eigenvalue weighted by molar-refractivity contribution is 5.35. The number of nitrogens with two attached hydrogens (primary N) is 1. The minimum absolute atomic E-state index is 0.507. The second kappa shape index (κ2) is 4.77. The Labute approximate surface area is 89.6 Å². The van der Waals surface area contributed by atoms with E-state index < -0.39 is 0 Å². The molecule has 15 heavy (non-hydrogen) atoms. The van der Waals surface area contributed by atoms with Crippen molar-refractivity contribution in [3.05, 3.63) is 23.9 Å². The van der Waals surface area contributed by atoms with E-state index in [0.29, 0.717) is 11.8 Å². The molecule has 0 aliphatic heterocycles. The zero-order chi connectivity index (χ0) is 10.5. The first-order valence-corrected chi connectivity index (χ1v) is 5.35. The third kappa shape index (κ3) is 2.94. The smallest absolute Gasteiger partial charge is 0.224 e. The van der Waals surface area contributed by atoms with Crippen molar-refractivity contribution in [1.82, 2.24) is 9.97 Å². The Morgan fingerprint density at radius 2 is 2.40 bits per heavy atom. The van der Waals surface area contributed by atoms with Crippen molar-refractivity contribution >= 4 is 11.8 Å². The summed E-state index contributed by atoms with van der Waals surface area (Å²) >= 11 is 0. The largest absolute Gasteiger partial charge is 0.384 e. The van der Waals surface area contributed by atoms with Crippen LogP contribution in [-0.2, 0) is 0 Å². The Hall–Kier alpha value is -1.58. The summed E-state index contributed by atoms with van der Waals surface area (Å²) in [6.07, 6.45) is 8.88. The highest BCUT2D eigenvalue weighted by Gasteiger charge is 2.04. The molecule has 4 heteroatoms. The summed E-state index contributed by atoms with van der Waals surface area (Å²) in [5.74, 6) is 1.13. The second-order valence-electron chi connectivity index (χ2n) is 3.74. The van der Waals surface area contributed by atoms with Gasteiger partial charge in [0, 0.05) is 12.7 Å². The van der Waals surface area contributed by atoms with Crippen molar-refractivity contribution in [1.29, 1.82) is 0 Å². The van der Waals surface area contributed by atoms with E-state index in [1.54, 1.807) is 17.8 Å². The summed E-state index contributed by atoms with van der Waals surface area (Å²) in [5, 5.41) is 3.17. The molecule has 1 aromatic heterocycles. The number of hydrogen-bond acceptors (Lipinski definition) is 4. The van der Waals surface area contributed by atoms with E-state index in [1.807, 2.05) is 0 Å². The van der Waals surface area contributed by atoms with Crippen LogP contribution in [-0.4, -0.2) is 16.5 Å². The molecular weight excluding hydrogens is 188 g/mol. The van der Waals surface area contributed by atoms with Crippen LogP contribution in [0.5, 0.6) is 0 Å². The number of rotatable bonds is 4. The highest BCUT2D eigenvalue weighted by atomic mass is 15.1. The van der Waals surface area contributed by atoms with Crippen molar-refractivity contribution < 1.29 is 0 Å². The Kier molecular flexibility index (Phi) is 3.17. The lowest BCUT2D eigenvalue weighted by Crippen LogP contribution is -2.06. The van der Waals surface area contributed by atoms with Crippen molar-refractivity contribution in [3.63, 3.8) is 0 Å². The molecule has 1 aliphatic carbocycles. The van der Waals surface area contributed by atoms with E-state index >= 15 is 0 Å². The van der Waals surface area contributed by atoms with Gasteiger partial charge >= 0.3 is 0 Å². The standard InChI is InChI=1S/C11H16N4/c12-10-6-8-14-11(15-10)13-7-5-9-3-1-2-4-9/h3,6,8H,1-2,4-5,7H2,(H3,12,13,14,15). The van der Waals surface area contributed by atoms with Gasteiger partial charge in [-0.15, -0.1) is 0 Å². The summed E-state index contributed by atoms with van der Waals surface area (Å²) in [6.45, 7) is 0.884. The van der Waals surface area contributed by atoms with Crippen LogP contribution in [0, 0.1) is 0 Å². The third-order valence-electron chi connectivity index (χ3n) is 2.54. The quantitative estimate of drug-likeness (QED) is 0.736. The third-order valence-corrected chi connectivity index (χ3v) is 2.54. The average Bonchev–Trinajstić information content (AvgIpc) is 2.71. The average molecular weight is 204 g/mol. The minimum atomic E-state index is 0.507. The molecule has 0 radical (unpaired) electrons. The first-order chi connectivity index (χ1) is 7.34. The van der Waals surface area contributed by atoms with E-state index in [0.717, 1.165) is 13.0 Å². The fourth-order valence-corrected chi connectivity index (χ4v) is 1.76. The van der Waals surface area contributed by atoms with Crippen LogP contribution >= 0.6 is 0 Å². The summed E-state index contributed by atoms with van der Waals surface area (Å²) in [5.41, 5.74) is 7.10. The summed E-state index contributed by atoms with van der Waals surface area (Å²) in [7, 11) is 0. The van der Waals surface area contributed by atoms with Crippen LogP contribution < -0.4 is 11.1 Å². The van der Waals surface area contributed by atoms with Gasteiger partial charge in [-0.25, -0.2) is 4.98 Å². The van der Waals surface area contributed by atoms with Crippen molar-refractivity contribution in [2.45, 2.75) is 25.7 Å². The van der Waals surface area contributed by atoms with Crippen LogP contribution in [0.3, 0.4) is 0 Å². The number of nitrogen functional groups attached to an aromatic ring is 1. The molecule has 0 unspecified atom stereocenters. The number of allylic oxidation sites excluding steroid dienone is 1. The fourth-order valence-electron chi connectivity index (χ4n) is 1.76. The van der Waals surface area contributed by atoms with Gasteiger partial charge in [0.25, 0.3) is 0 Å². The predicted molar refractivity (Wildman–Crippen MR) is 61.5 cm³/mol. The highest BCUT2D eigenvalue weighted by Crippen LogP contribution is 2.20. The molecule has 1 aliphatic rings. The van der Waals surface area contributed by atoms with Crippen molar-refractivity contribution in [3.8, 4) is 0 Å². The van der Waals surface area contributed by atoms with Gasteiger partial charge in [-0.1, -0.05) is 11.6 Å². The number of nitrogens with zero attached hydrogens (tertiary/aromatic N) is 2. The predicted octanol–water partition coefficient (Wildman–Crippen LogP) is 1.97. The summed E-state index contributed by atoms with van der Waals surface area (Å²) < 4.78 is 0. The molecular formula is C11H16N4. The van der Waals surface area contributed by atoms with Gasteiger partial charge in [0.2, 0.25) is 5.95 Å². The number of nitrogens with one attached hydrogen (secondary N) is 1. The van der Waals surface area contributed by atoms with Crippen LogP contribution in [0.1, 0.15) is 25.7 Å². The number of anilines is 2. The van der Waals surface area contributed by atoms with Gasteiger partial charge < -0.3 is 11.1 Å². The van der Waals surface area contributed by atoms with Crippen LogP contribution in [0.2, 0.25) is 0 Å². The lowest BCUT2D eigenvalue weighted by molar-refractivity contribution is 0.859.